The zero-order valence-corrected chi connectivity index (χ0v) is 17.6. The van der Waals surface area contributed by atoms with Crippen LogP contribution < -0.4 is 29.6 Å². The van der Waals surface area contributed by atoms with Crippen molar-refractivity contribution in [3.63, 3.8) is 0 Å². The summed E-state index contributed by atoms with van der Waals surface area (Å²) in [6.07, 6.45) is 2.83. The van der Waals surface area contributed by atoms with Crippen LogP contribution in [-0.4, -0.2) is 43.8 Å². The number of anilines is 1. The van der Waals surface area contributed by atoms with E-state index in [9.17, 15) is 0 Å². The lowest BCUT2D eigenvalue weighted by Gasteiger charge is -2.15. The van der Waals surface area contributed by atoms with E-state index < -0.39 is 0 Å². The molecule has 3 aromatic rings. The molecule has 1 atom stereocenters. The van der Waals surface area contributed by atoms with Crippen molar-refractivity contribution in [2.75, 3.05) is 39.2 Å². The molecule has 2 aromatic carbocycles. The summed E-state index contributed by atoms with van der Waals surface area (Å²) in [6, 6.07) is 14.8. The largest absolute Gasteiger partial charge is 0.497 e. The lowest BCUT2D eigenvalue weighted by Crippen LogP contribution is -2.17. The Morgan fingerprint density at radius 1 is 0.903 bits per heavy atom. The fourth-order valence-corrected chi connectivity index (χ4v) is 3.25. The van der Waals surface area contributed by atoms with Crippen molar-refractivity contribution in [2.24, 2.45) is 5.92 Å². The molecule has 162 valence electrons. The van der Waals surface area contributed by atoms with Crippen molar-refractivity contribution in [1.29, 1.82) is 0 Å². The Bertz CT molecular complexity index is 974. The Labute approximate surface area is 181 Å². The van der Waals surface area contributed by atoms with Gasteiger partial charge in [0.05, 0.1) is 20.4 Å². The van der Waals surface area contributed by atoms with Gasteiger partial charge >= 0.3 is 6.01 Å². The normalized spacial score (nSPS) is 15.4. The Balaban J connectivity index is 1.53. The summed E-state index contributed by atoms with van der Waals surface area (Å²) in [5, 5.41) is 6.79. The molecule has 8 heteroatoms. The van der Waals surface area contributed by atoms with Gasteiger partial charge in [0.25, 0.3) is 0 Å². The van der Waals surface area contributed by atoms with Gasteiger partial charge in [0.15, 0.2) is 0 Å². The molecule has 0 bridgehead atoms. The van der Waals surface area contributed by atoms with Crippen LogP contribution in [0.3, 0.4) is 0 Å². The Morgan fingerprint density at radius 2 is 1.52 bits per heavy atom. The predicted octanol–water partition coefficient (Wildman–Crippen LogP) is 4.10. The molecule has 8 nitrogen and oxygen atoms in total. The number of nitrogens with one attached hydrogen (secondary N) is 2. The Hall–Kier alpha value is -3.52. The van der Waals surface area contributed by atoms with Crippen LogP contribution in [0, 0.1) is 5.92 Å². The van der Waals surface area contributed by atoms with E-state index >= 15 is 0 Å². The van der Waals surface area contributed by atoms with Crippen LogP contribution in [-0.2, 0) is 0 Å². The second kappa shape index (κ2) is 9.99. The highest BCUT2D eigenvalue weighted by Gasteiger charge is 2.17. The van der Waals surface area contributed by atoms with E-state index in [1.807, 2.05) is 36.4 Å². The molecular formula is C23H26N4O4. The zero-order valence-electron chi connectivity index (χ0n) is 17.6. The van der Waals surface area contributed by atoms with E-state index in [0.29, 0.717) is 29.0 Å². The lowest BCUT2D eigenvalue weighted by atomic mass is 10.1. The van der Waals surface area contributed by atoms with Crippen LogP contribution >= 0.6 is 0 Å². The first-order chi connectivity index (χ1) is 15.2. The summed E-state index contributed by atoms with van der Waals surface area (Å²) in [7, 11) is 3.25. The first-order valence-corrected chi connectivity index (χ1v) is 10.2. The fourth-order valence-electron chi connectivity index (χ4n) is 3.25. The molecule has 1 aliphatic rings. The molecule has 1 aromatic heterocycles. The van der Waals surface area contributed by atoms with Crippen molar-refractivity contribution >= 4 is 5.69 Å². The van der Waals surface area contributed by atoms with E-state index in [4.69, 9.17) is 18.9 Å². The quantitative estimate of drug-likeness (QED) is 0.533. The molecule has 0 amide bonds. The fraction of sp³-hybridized carbons (Fsp3) is 0.304. The number of benzene rings is 2. The monoisotopic (exact) mass is 422 g/mol. The summed E-state index contributed by atoms with van der Waals surface area (Å²) < 4.78 is 22.3. The molecule has 1 saturated heterocycles. The van der Waals surface area contributed by atoms with E-state index in [0.717, 1.165) is 37.6 Å². The topological polar surface area (TPSA) is 86.8 Å². The summed E-state index contributed by atoms with van der Waals surface area (Å²) >= 11 is 0. The third-order valence-corrected chi connectivity index (χ3v) is 5.02. The van der Waals surface area contributed by atoms with Crippen LogP contribution in [0.25, 0.3) is 0 Å². The SMILES string of the molecule is COc1ccc(Oc2ncc(NC[C@@H]3CCNC3)c(Oc3ccc(OC)cc3)n2)cc1. The molecule has 2 N–H and O–H groups in total. The lowest BCUT2D eigenvalue weighted by molar-refractivity contribution is 0.402. The van der Waals surface area contributed by atoms with Gasteiger partial charge in [0.2, 0.25) is 5.88 Å². The summed E-state index contributed by atoms with van der Waals surface area (Å²) in [5.41, 5.74) is 0.713. The predicted molar refractivity (Wildman–Crippen MR) is 118 cm³/mol. The van der Waals surface area contributed by atoms with Gasteiger partial charge < -0.3 is 29.6 Å². The number of rotatable bonds is 9. The van der Waals surface area contributed by atoms with Crippen LogP contribution in [0.4, 0.5) is 5.69 Å². The zero-order chi connectivity index (χ0) is 21.5. The smallest absolute Gasteiger partial charge is 0.325 e. The minimum Gasteiger partial charge on any atom is -0.497 e. The number of hydrogen-bond donors (Lipinski definition) is 2. The van der Waals surface area contributed by atoms with Gasteiger partial charge in [-0.15, -0.1) is 0 Å². The van der Waals surface area contributed by atoms with E-state index in [2.05, 4.69) is 20.6 Å². The summed E-state index contributed by atoms with van der Waals surface area (Å²) in [5.74, 6) is 3.71. The molecule has 0 aliphatic carbocycles. The average molecular weight is 422 g/mol. The van der Waals surface area contributed by atoms with Gasteiger partial charge in [0.1, 0.15) is 28.7 Å². The van der Waals surface area contributed by atoms with Gasteiger partial charge in [-0.1, -0.05) is 0 Å². The van der Waals surface area contributed by atoms with E-state index in [1.165, 1.54) is 0 Å². The van der Waals surface area contributed by atoms with Crippen LogP contribution in [0.5, 0.6) is 34.9 Å². The number of ether oxygens (including phenoxy) is 4. The molecule has 4 rings (SSSR count). The number of methoxy groups -OCH3 is 2. The van der Waals surface area contributed by atoms with Gasteiger partial charge in [-0.25, -0.2) is 4.98 Å². The molecule has 2 heterocycles. The molecule has 31 heavy (non-hydrogen) atoms. The van der Waals surface area contributed by atoms with Crippen molar-refractivity contribution in [3.05, 3.63) is 54.7 Å². The molecule has 1 aliphatic heterocycles. The van der Waals surface area contributed by atoms with Gasteiger partial charge in [-0.05, 0) is 74.0 Å². The van der Waals surface area contributed by atoms with Gasteiger partial charge in [-0.2, -0.15) is 4.98 Å². The van der Waals surface area contributed by atoms with Crippen molar-refractivity contribution in [3.8, 4) is 34.9 Å². The standard InChI is InChI=1S/C23H26N4O4/c1-28-17-3-7-19(8-4-17)30-22-21(25-14-16-11-12-24-13-16)15-26-23(27-22)31-20-9-5-18(29-2)6-10-20/h3-10,15-16,24-25H,11-14H2,1-2H3/t16-/m1/s1. The van der Waals surface area contributed by atoms with Crippen LogP contribution in [0.2, 0.25) is 0 Å². The highest BCUT2D eigenvalue weighted by atomic mass is 16.5. The second-order valence-electron chi connectivity index (χ2n) is 7.17. The number of aromatic nitrogens is 2. The Kier molecular flexibility index (Phi) is 6.68. The molecule has 0 spiro atoms. The Morgan fingerprint density at radius 3 is 2.10 bits per heavy atom. The minimum absolute atomic E-state index is 0.196. The van der Waals surface area contributed by atoms with Crippen molar-refractivity contribution in [1.82, 2.24) is 15.3 Å². The van der Waals surface area contributed by atoms with Crippen LogP contribution in [0.1, 0.15) is 6.42 Å². The molecule has 1 fully saturated rings. The minimum atomic E-state index is 0.196. The molecule has 0 unspecified atom stereocenters. The summed E-state index contributed by atoms with van der Waals surface area (Å²) in [6.45, 7) is 2.86. The van der Waals surface area contributed by atoms with Crippen LogP contribution in [0.15, 0.2) is 54.7 Å². The van der Waals surface area contributed by atoms with Gasteiger partial charge in [-0.3, -0.25) is 0 Å². The van der Waals surface area contributed by atoms with Gasteiger partial charge in [0, 0.05) is 6.54 Å². The van der Waals surface area contributed by atoms with E-state index in [1.54, 1.807) is 32.5 Å². The number of nitrogens with zero attached hydrogens (tertiary/aromatic N) is 2. The maximum atomic E-state index is 6.05. The highest BCUT2D eigenvalue weighted by molar-refractivity contribution is 5.53. The summed E-state index contributed by atoms with van der Waals surface area (Å²) in [4.78, 5) is 8.85. The number of hydrogen-bond acceptors (Lipinski definition) is 8. The maximum absolute atomic E-state index is 6.05. The first-order valence-electron chi connectivity index (χ1n) is 10.2. The molecule has 0 radical (unpaired) electrons. The maximum Gasteiger partial charge on any atom is 0.325 e. The van der Waals surface area contributed by atoms with Crippen molar-refractivity contribution in [2.45, 2.75) is 6.42 Å². The first kappa shape index (κ1) is 20.7. The third kappa shape index (κ3) is 5.55. The second-order valence-corrected chi connectivity index (χ2v) is 7.17. The van der Waals surface area contributed by atoms with Crippen molar-refractivity contribution < 1.29 is 18.9 Å². The molecule has 0 saturated carbocycles. The average Bonchev–Trinajstić information content (AvgIpc) is 3.33. The third-order valence-electron chi connectivity index (χ3n) is 5.02. The molecular weight excluding hydrogens is 396 g/mol. The van der Waals surface area contributed by atoms with E-state index in [-0.39, 0.29) is 6.01 Å². The highest BCUT2D eigenvalue weighted by Crippen LogP contribution is 2.31.